The molecule has 3 fully saturated rings. The van der Waals surface area contributed by atoms with Crippen LogP contribution in [0, 0.1) is 17.8 Å². The Kier molecular flexibility index (Phi) is 6.64. The number of anilines is 1. The van der Waals surface area contributed by atoms with Crippen molar-refractivity contribution in [2.45, 2.75) is 50.0 Å². The minimum atomic E-state index is -3.66. The van der Waals surface area contributed by atoms with Crippen molar-refractivity contribution in [2.24, 2.45) is 17.8 Å². The maximum Gasteiger partial charge on any atom is 0.306 e. The zero-order valence-electron chi connectivity index (χ0n) is 17.8. The maximum atomic E-state index is 12.8. The van der Waals surface area contributed by atoms with Crippen LogP contribution in [0.4, 0.5) is 5.69 Å². The van der Waals surface area contributed by atoms with Gasteiger partial charge in [0.2, 0.25) is 10.0 Å². The summed E-state index contributed by atoms with van der Waals surface area (Å²) in [5, 5.41) is 2.66. The van der Waals surface area contributed by atoms with Gasteiger partial charge in [-0.15, -0.1) is 0 Å². The molecule has 1 N–H and O–H groups in total. The Labute approximate surface area is 183 Å². The monoisotopic (exact) mass is 450 g/mol. The van der Waals surface area contributed by atoms with Crippen LogP contribution in [0.5, 0.6) is 0 Å². The molecule has 1 saturated heterocycles. The van der Waals surface area contributed by atoms with E-state index in [1.807, 2.05) is 0 Å². The number of fused-ring (bicyclic) bond motifs is 2. The number of nitrogens with zero attached hydrogens (tertiary/aromatic N) is 1. The summed E-state index contributed by atoms with van der Waals surface area (Å²) < 4.78 is 37.6. The van der Waals surface area contributed by atoms with Gasteiger partial charge in [-0.2, -0.15) is 4.31 Å². The van der Waals surface area contributed by atoms with Gasteiger partial charge in [-0.1, -0.05) is 12.5 Å². The first-order valence-electron chi connectivity index (χ1n) is 11.0. The molecule has 1 aromatic rings. The zero-order valence-corrected chi connectivity index (χ0v) is 18.6. The lowest BCUT2D eigenvalue weighted by Crippen LogP contribution is -2.40. The van der Waals surface area contributed by atoms with Gasteiger partial charge >= 0.3 is 5.97 Å². The molecule has 0 spiro atoms. The van der Waals surface area contributed by atoms with E-state index in [0.717, 1.165) is 12.3 Å². The molecule has 0 aromatic heterocycles. The standard InChI is InChI=1S/C22H30N2O6S/c1-15(30-21(25)13-18-12-16-5-6-17(18)11-16)22(26)23-19-3-2-4-20(14-19)31(27,28)24-7-9-29-10-8-24/h2-4,14-18H,5-13H2,1H3,(H,23,26)/t15-,16+,17+,18+/m1/s1. The van der Waals surface area contributed by atoms with E-state index in [-0.39, 0.29) is 10.9 Å². The third-order valence-corrected chi connectivity index (χ3v) is 8.59. The van der Waals surface area contributed by atoms with E-state index in [4.69, 9.17) is 9.47 Å². The predicted octanol–water partition coefficient (Wildman–Crippen LogP) is 2.40. The first kappa shape index (κ1) is 22.2. The number of hydrogen-bond donors (Lipinski definition) is 1. The summed E-state index contributed by atoms with van der Waals surface area (Å²) in [6.07, 6.45) is 4.19. The molecular weight excluding hydrogens is 420 g/mol. The largest absolute Gasteiger partial charge is 0.453 e. The number of esters is 1. The van der Waals surface area contributed by atoms with E-state index in [1.54, 1.807) is 12.1 Å². The Hall–Kier alpha value is -1.97. The van der Waals surface area contributed by atoms with Crippen molar-refractivity contribution in [3.05, 3.63) is 24.3 Å². The molecule has 4 rings (SSSR count). The highest BCUT2D eigenvalue weighted by molar-refractivity contribution is 7.89. The predicted molar refractivity (Wildman–Crippen MR) is 114 cm³/mol. The van der Waals surface area contributed by atoms with Crippen molar-refractivity contribution in [3.8, 4) is 0 Å². The van der Waals surface area contributed by atoms with E-state index < -0.39 is 22.0 Å². The van der Waals surface area contributed by atoms with Gasteiger partial charge in [-0.05, 0) is 62.1 Å². The van der Waals surface area contributed by atoms with Gasteiger partial charge in [0.05, 0.1) is 18.1 Å². The average molecular weight is 451 g/mol. The van der Waals surface area contributed by atoms with Gasteiger partial charge in [-0.3, -0.25) is 9.59 Å². The Balaban J connectivity index is 1.32. The Morgan fingerprint density at radius 1 is 1.23 bits per heavy atom. The van der Waals surface area contributed by atoms with Gasteiger partial charge in [0.1, 0.15) is 0 Å². The summed E-state index contributed by atoms with van der Waals surface area (Å²) in [7, 11) is -3.66. The lowest BCUT2D eigenvalue weighted by molar-refractivity contribution is -0.154. The molecule has 9 heteroatoms. The first-order chi connectivity index (χ1) is 14.8. The third-order valence-electron chi connectivity index (χ3n) is 6.70. The first-order valence-corrected chi connectivity index (χ1v) is 12.4. The SMILES string of the molecule is C[C@@H](OC(=O)C[C@@H]1C[C@H]2CC[C@H]1C2)C(=O)Nc1cccc(S(=O)(=O)N2CCOCC2)c1. The molecular formula is C22H30N2O6S. The van der Waals surface area contributed by atoms with Crippen molar-refractivity contribution in [2.75, 3.05) is 31.6 Å². The summed E-state index contributed by atoms with van der Waals surface area (Å²) in [6.45, 7) is 2.85. The Morgan fingerprint density at radius 2 is 2.00 bits per heavy atom. The normalized spacial score (nSPS) is 27.1. The second kappa shape index (κ2) is 9.26. The number of sulfonamides is 1. The van der Waals surface area contributed by atoms with Crippen molar-refractivity contribution in [3.63, 3.8) is 0 Å². The van der Waals surface area contributed by atoms with Gasteiger partial charge < -0.3 is 14.8 Å². The topological polar surface area (TPSA) is 102 Å². The van der Waals surface area contributed by atoms with Gasteiger partial charge in [0.25, 0.3) is 5.91 Å². The van der Waals surface area contributed by atoms with E-state index in [0.29, 0.717) is 50.2 Å². The highest BCUT2D eigenvalue weighted by Gasteiger charge is 2.40. The summed E-state index contributed by atoms with van der Waals surface area (Å²) in [5.41, 5.74) is 0.343. The molecule has 4 atom stereocenters. The summed E-state index contributed by atoms with van der Waals surface area (Å²) in [6, 6.07) is 6.11. The number of hydrogen-bond acceptors (Lipinski definition) is 6. The van der Waals surface area contributed by atoms with Crippen molar-refractivity contribution in [1.82, 2.24) is 4.31 Å². The number of rotatable bonds is 7. The second-order valence-electron chi connectivity index (χ2n) is 8.80. The molecule has 0 unspecified atom stereocenters. The molecule has 2 saturated carbocycles. The lowest BCUT2D eigenvalue weighted by atomic mass is 9.86. The van der Waals surface area contributed by atoms with Crippen LogP contribution < -0.4 is 5.32 Å². The highest BCUT2D eigenvalue weighted by Crippen LogP contribution is 2.49. The van der Waals surface area contributed by atoms with Crippen LogP contribution in [0.25, 0.3) is 0 Å². The number of carbonyl (C=O) groups is 2. The molecule has 3 aliphatic rings. The van der Waals surface area contributed by atoms with Crippen LogP contribution in [-0.2, 0) is 29.1 Å². The molecule has 0 radical (unpaired) electrons. The summed E-state index contributed by atoms with van der Waals surface area (Å²) in [5.74, 6) is 0.928. The molecule has 1 heterocycles. The van der Waals surface area contributed by atoms with Crippen LogP contribution >= 0.6 is 0 Å². The van der Waals surface area contributed by atoms with Gasteiger partial charge in [0, 0.05) is 25.2 Å². The van der Waals surface area contributed by atoms with Gasteiger partial charge in [0.15, 0.2) is 6.10 Å². The minimum absolute atomic E-state index is 0.105. The fourth-order valence-corrected chi connectivity index (χ4v) is 6.51. The number of ether oxygens (including phenoxy) is 2. The number of morpholine rings is 1. The molecule has 1 aliphatic heterocycles. The smallest absolute Gasteiger partial charge is 0.306 e. The van der Waals surface area contributed by atoms with E-state index >= 15 is 0 Å². The lowest BCUT2D eigenvalue weighted by Gasteiger charge is -2.26. The number of nitrogens with one attached hydrogen (secondary N) is 1. The zero-order chi connectivity index (χ0) is 22.0. The van der Waals surface area contributed by atoms with Crippen LogP contribution in [-0.4, -0.2) is 57.0 Å². The minimum Gasteiger partial charge on any atom is -0.453 e. The van der Waals surface area contributed by atoms with E-state index in [9.17, 15) is 18.0 Å². The highest BCUT2D eigenvalue weighted by atomic mass is 32.2. The summed E-state index contributed by atoms with van der Waals surface area (Å²) in [4.78, 5) is 24.9. The average Bonchev–Trinajstić information content (AvgIpc) is 3.37. The number of amides is 1. The van der Waals surface area contributed by atoms with Crippen molar-refractivity contribution < 1.29 is 27.5 Å². The van der Waals surface area contributed by atoms with Gasteiger partial charge in [-0.25, -0.2) is 8.42 Å². The van der Waals surface area contributed by atoms with Crippen LogP contribution in [0.2, 0.25) is 0 Å². The Bertz CT molecular complexity index is 928. The number of benzene rings is 1. The van der Waals surface area contributed by atoms with Crippen molar-refractivity contribution >= 4 is 27.6 Å². The van der Waals surface area contributed by atoms with Crippen LogP contribution in [0.1, 0.15) is 39.0 Å². The maximum absolute atomic E-state index is 12.8. The molecule has 2 aliphatic carbocycles. The molecule has 1 amide bonds. The fourth-order valence-electron chi connectivity index (χ4n) is 5.05. The second-order valence-corrected chi connectivity index (χ2v) is 10.7. The van der Waals surface area contributed by atoms with E-state index in [2.05, 4.69) is 5.32 Å². The number of carbonyl (C=O) groups excluding carboxylic acids is 2. The third kappa shape index (κ3) is 5.10. The Morgan fingerprint density at radius 3 is 2.68 bits per heavy atom. The van der Waals surface area contributed by atoms with Crippen LogP contribution in [0.3, 0.4) is 0 Å². The van der Waals surface area contributed by atoms with Crippen molar-refractivity contribution in [1.29, 1.82) is 0 Å². The summed E-state index contributed by atoms with van der Waals surface area (Å²) >= 11 is 0. The molecule has 31 heavy (non-hydrogen) atoms. The molecule has 170 valence electrons. The quantitative estimate of drug-likeness (QED) is 0.640. The van der Waals surface area contributed by atoms with E-state index in [1.165, 1.54) is 42.6 Å². The van der Waals surface area contributed by atoms with Crippen LogP contribution in [0.15, 0.2) is 29.2 Å². The molecule has 8 nitrogen and oxygen atoms in total. The molecule has 2 bridgehead atoms. The fraction of sp³-hybridized carbons (Fsp3) is 0.636. The molecule has 1 aromatic carbocycles.